The van der Waals surface area contributed by atoms with Crippen LogP contribution >= 0.6 is 0 Å². The lowest BCUT2D eigenvalue weighted by Gasteiger charge is -2.29. The number of alkyl halides is 6. The summed E-state index contributed by atoms with van der Waals surface area (Å²) in [6.07, 6.45) is -11.5. The summed E-state index contributed by atoms with van der Waals surface area (Å²) in [5.74, 6) is -6.21. The van der Waals surface area contributed by atoms with Crippen LogP contribution in [0.25, 0.3) is 0 Å². The van der Waals surface area contributed by atoms with Crippen LogP contribution in [0.3, 0.4) is 0 Å². The highest BCUT2D eigenvalue weighted by atomic mass is 19.4. The first-order chi connectivity index (χ1) is 11.1. The van der Waals surface area contributed by atoms with Gasteiger partial charge in [0, 0.05) is 11.4 Å². The normalized spacial score (nSPS) is 12.3. The lowest BCUT2D eigenvalue weighted by atomic mass is 10.1. The van der Waals surface area contributed by atoms with Crippen molar-refractivity contribution in [1.29, 1.82) is 0 Å². The Bertz CT molecular complexity index is 628. The number of halogens is 6. The molecule has 0 radical (unpaired) electrons. The molecular weight excluding hydrogens is 336 g/mol. The average molecular weight is 347 g/mol. The summed E-state index contributed by atoms with van der Waals surface area (Å²) in [6, 6.07) is 13.7. The molecule has 0 bridgehead atoms. The molecule has 2 nitrogen and oxygen atoms in total. The van der Waals surface area contributed by atoms with E-state index >= 15 is 0 Å². The molecule has 0 spiro atoms. The fraction of sp³-hybridized carbons (Fsp3) is 0.188. The molecule has 0 aliphatic rings. The van der Waals surface area contributed by atoms with Gasteiger partial charge in [0.05, 0.1) is 0 Å². The van der Waals surface area contributed by atoms with Crippen molar-refractivity contribution in [1.82, 2.24) is 0 Å². The van der Waals surface area contributed by atoms with E-state index in [9.17, 15) is 31.1 Å². The zero-order valence-corrected chi connectivity index (χ0v) is 12.0. The van der Waals surface area contributed by atoms with Gasteiger partial charge in [-0.3, -0.25) is 9.69 Å². The van der Waals surface area contributed by atoms with E-state index in [2.05, 4.69) is 0 Å². The Kier molecular flexibility index (Phi) is 4.86. The van der Waals surface area contributed by atoms with Crippen LogP contribution in [0.1, 0.15) is 0 Å². The molecule has 128 valence electrons. The third-order valence-corrected chi connectivity index (χ3v) is 3.15. The van der Waals surface area contributed by atoms with Crippen molar-refractivity contribution in [3.8, 4) is 0 Å². The molecule has 0 saturated heterocycles. The van der Waals surface area contributed by atoms with Crippen LogP contribution in [0.4, 0.5) is 37.7 Å². The zero-order chi connectivity index (χ0) is 18.0. The maximum Gasteiger partial charge on any atom is 0.409 e. The molecule has 0 aliphatic carbocycles. The van der Waals surface area contributed by atoms with Gasteiger partial charge in [0.25, 0.3) is 5.91 Å². The van der Waals surface area contributed by atoms with E-state index in [1.165, 1.54) is 60.7 Å². The van der Waals surface area contributed by atoms with Crippen molar-refractivity contribution in [2.75, 3.05) is 4.90 Å². The Hall–Kier alpha value is -2.51. The summed E-state index contributed by atoms with van der Waals surface area (Å²) in [6.45, 7) is 0. The number of anilines is 2. The molecule has 2 rings (SSSR count). The molecule has 0 saturated carbocycles. The third-order valence-electron chi connectivity index (χ3n) is 3.15. The number of hydrogen-bond donors (Lipinski definition) is 0. The van der Waals surface area contributed by atoms with Crippen LogP contribution in [0.2, 0.25) is 0 Å². The van der Waals surface area contributed by atoms with Crippen LogP contribution in [0.5, 0.6) is 0 Å². The monoisotopic (exact) mass is 347 g/mol. The number of para-hydroxylation sites is 2. The summed E-state index contributed by atoms with van der Waals surface area (Å²) < 4.78 is 77.3. The second kappa shape index (κ2) is 6.54. The SMILES string of the molecule is O=C(C(C(F)(F)F)C(F)(F)F)N(c1ccccc1)c1ccccc1. The summed E-state index contributed by atoms with van der Waals surface area (Å²) in [5, 5.41) is 0. The van der Waals surface area contributed by atoms with E-state index in [1.54, 1.807) is 0 Å². The largest absolute Gasteiger partial charge is 0.409 e. The molecular formula is C16H11F6NO. The molecule has 2 aromatic carbocycles. The number of amides is 1. The molecule has 0 N–H and O–H groups in total. The first-order valence-corrected chi connectivity index (χ1v) is 6.70. The second-order valence-electron chi connectivity index (χ2n) is 4.86. The van der Waals surface area contributed by atoms with Gasteiger partial charge < -0.3 is 0 Å². The van der Waals surface area contributed by atoms with Crippen molar-refractivity contribution in [3.63, 3.8) is 0 Å². The number of hydrogen-bond acceptors (Lipinski definition) is 1. The molecule has 8 heteroatoms. The molecule has 24 heavy (non-hydrogen) atoms. The molecule has 0 aliphatic heterocycles. The van der Waals surface area contributed by atoms with Crippen molar-refractivity contribution >= 4 is 17.3 Å². The Labute approximate surface area is 133 Å². The maximum absolute atomic E-state index is 12.9. The van der Waals surface area contributed by atoms with Crippen LogP contribution in [0, 0.1) is 5.92 Å². The lowest BCUT2D eigenvalue weighted by molar-refractivity contribution is -0.273. The van der Waals surface area contributed by atoms with E-state index in [0.717, 1.165) is 0 Å². The number of carbonyl (C=O) groups is 1. The summed E-state index contributed by atoms with van der Waals surface area (Å²) in [7, 11) is 0. The van der Waals surface area contributed by atoms with E-state index in [1.807, 2.05) is 0 Å². The topological polar surface area (TPSA) is 20.3 Å². The van der Waals surface area contributed by atoms with Crippen LogP contribution < -0.4 is 4.90 Å². The van der Waals surface area contributed by atoms with Crippen LogP contribution in [0.15, 0.2) is 60.7 Å². The van der Waals surface area contributed by atoms with Gasteiger partial charge in [0.15, 0.2) is 0 Å². The van der Waals surface area contributed by atoms with Crippen molar-refractivity contribution in [3.05, 3.63) is 60.7 Å². The Balaban J connectivity index is 2.57. The van der Waals surface area contributed by atoms with Gasteiger partial charge in [-0.05, 0) is 24.3 Å². The minimum absolute atomic E-state index is 0.0906. The van der Waals surface area contributed by atoms with Gasteiger partial charge in [0.1, 0.15) is 0 Å². The number of carbonyl (C=O) groups excluding carboxylic acids is 1. The zero-order valence-electron chi connectivity index (χ0n) is 12.0. The van der Waals surface area contributed by atoms with Crippen molar-refractivity contribution in [2.24, 2.45) is 5.92 Å². The van der Waals surface area contributed by atoms with Gasteiger partial charge in [-0.25, -0.2) is 0 Å². The average Bonchev–Trinajstić information content (AvgIpc) is 2.46. The van der Waals surface area contributed by atoms with Crippen molar-refractivity contribution < 1.29 is 31.1 Å². The van der Waals surface area contributed by atoms with E-state index in [-0.39, 0.29) is 11.4 Å². The molecule has 0 unspecified atom stereocenters. The first kappa shape index (κ1) is 17.8. The highest BCUT2D eigenvalue weighted by Crippen LogP contribution is 2.42. The molecule has 0 aromatic heterocycles. The summed E-state index contributed by atoms with van der Waals surface area (Å²) in [5.41, 5.74) is -0.181. The summed E-state index contributed by atoms with van der Waals surface area (Å²) >= 11 is 0. The Morgan fingerprint density at radius 1 is 0.708 bits per heavy atom. The van der Waals surface area contributed by atoms with E-state index in [0.29, 0.717) is 4.90 Å². The number of benzene rings is 2. The minimum atomic E-state index is -5.75. The summed E-state index contributed by atoms with van der Waals surface area (Å²) in [4.78, 5) is 12.6. The molecule has 0 heterocycles. The fourth-order valence-corrected chi connectivity index (χ4v) is 2.15. The van der Waals surface area contributed by atoms with Gasteiger partial charge in [-0.1, -0.05) is 36.4 Å². The van der Waals surface area contributed by atoms with Gasteiger partial charge >= 0.3 is 12.4 Å². The minimum Gasteiger partial charge on any atom is -0.280 e. The molecule has 0 atom stereocenters. The number of rotatable bonds is 3. The molecule has 0 fully saturated rings. The third kappa shape index (κ3) is 3.87. The first-order valence-electron chi connectivity index (χ1n) is 6.70. The second-order valence-corrected chi connectivity index (χ2v) is 4.86. The predicted molar refractivity (Wildman–Crippen MR) is 75.6 cm³/mol. The smallest absolute Gasteiger partial charge is 0.280 e. The predicted octanol–water partition coefficient (Wildman–Crippen LogP) is 5.09. The molecule has 1 amide bonds. The van der Waals surface area contributed by atoms with Crippen LogP contribution in [-0.4, -0.2) is 18.3 Å². The Morgan fingerprint density at radius 3 is 1.33 bits per heavy atom. The van der Waals surface area contributed by atoms with Crippen LogP contribution in [-0.2, 0) is 4.79 Å². The fourth-order valence-electron chi connectivity index (χ4n) is 2.15. The van der Waals surface area contributed by atoms with Gasteiger partial charge in [0.2, 0.25) is 5.92 Å². The standard InChI is InChI=1S/C16H11F6NO/c17-15(18,19)13(16(20,21)22)14(24)23(11-7-3-1-4-8-11)12-9-5-2-6-10-12/h1-10,13H. The Morgan fingerprint density at radius 2 is 1.04 bits per heavy atom. The van der Waals surface area contributed by atoms with E-state index < -0.39 is 24.2 Å². The van der Waals surface area contributed by atoms with Crippen molar-refractivity contribution in [2.45, 2.75) is 12.4 Å². The highest BCUT2D eigenvalue weighted by Gasteiger charge is 2.62. The molecule has 2 aromatic rings. The van der Waals surface area contributed by atoms with Gasteiger partial charge in [-0.15, -0.1) is 0 Å². The highest BCUT2D eigenvalue weighted by molar-refractivity contribution is 6.02. The lowest BCUT2D eigenvalue weighted by Crippen LogP contribution is -2.48. The number of nitrogens with zero attached hydrogens (tertiary/aromatic N) is 1. The quantitative estimate of drug-likeness (QED) is 0.708. The van der Waals surface area contributed by atoms with E-state index in [4.69, 9.17) is 0 Å². The van der Waals surface area contributed by atoms with Gasteiger partial charge in [-0.2, -0.15) is 26.3 Å². The maximum atomic E-state index is 12.9.